The van der Waals surface area contributed by atoms with Crippen LogP contribution in [0.3, 0.4) is 0 Å². The van der Waals surface area contributed by atoms with Gasteiger partial charge in [-0.25, -0.2) is 4.79 Å². The van der Waals surface area contributed by atoms with Crippen molar-refractivity contribution in [2.75, 3.05) is 0 Å². The monoisotopic (exact) mass is 315 g/mol. The first-order valence-electron chi connectivity index (χ1n) is 5.98. The van der Waals surface area contributed by atoms with Crippen LogP contribution in [0.4, 0.5) is 0 Å². The first-order valence-corrected chi connectivity index (χ1v) is 6.74. The molecule has 2 N–H and O–H groups in total. The molecular weight excluding hydrogens is 301 g/mol. The number of benzene rings is 1. The van der Waals surface area contributed by atoms with Crippen LogP contribution < -0.4 is 5.32 Å². The number of hydrogen-bond acceptors (Lipinski definition) is 2. The van der Waals surface area contributed by atoms with Gasteiger partial charge in [-0.05, 0) is 23.6 Å². The molecule has 4 nitrogen and oxygen atoms in total. The third kappa shape index (κ3) is 4.54. The standard InChI is InChI=1S/C14H15Cl2NO3/c1-8(2)13(14(19)20)17-11(18)7-6-9-4-3-5-10(15)12(9)16/h3-8,13H,1-2H3,(H,17,18)(H,19,20)/t13-/m1/s1. The smallest absolute Gasteiger partial charge is 0.326 e. The fourth-order valence-corrected chi connectivity index (χ4v) is 1.90. The van der Waals surface area contributed by atoms with E-state index in [4.69, 9.17) is 28.3 Å². The lowest BCUT2D eigenvalue weighted by atomic mass is 10.0. The minimum Gasteiger partial charge on any atom is -0.480 e. The Labute approximate surface area is 127 Å². The molecule has 1 rings (SSSR count). The van der Waals surface area contributed by atoms with Gasteiger partial charge in [0.15, 0.2) is 0 Å². The number of rotatable bonds is 5. The average molecular weight is 316 g/mol. The van der Waals surface area contributed by atoms with Crippen LogP contribution in [0.1, 0.15) is 19.4 Å². The highest BCUT2D eigenvalue weighted by molar-refractivity contribution is 6.42. The first-order chi connectivity index (χ1) is 9.32. The molecule has 0 aliphatic heterocycles. The predicted octanol–water partition coefficient (Wildman–Crippen LogP) is 3.23. The van der Waals surface area contributed by atoms with Gasteiger partial charge >= 0.3 is 5.97 Å². The molecule has 108 valence electrons. The molecule has 0 radical (unpaired) electrons. The molecule has 0 saturated heterocycles. The summed E-state index contributed by atoms with van der Waals surface area (Å²) in [5.41, 5.74) is 0.589. The highest BCUT2D eigenvalue weighted by Crippen LogP contribution is 2.26. The molecule has 1 aromatic carbocycles. The predicted molar refractivity (Wildman–Crippen MR) is 79.9 cm³/mol. The van der Waals surface area contributed by atoms with Crippen LogP contribution >= 0.6 is 23.2 Å². The topological polar surface area (TPSA) is 66.4 Å². The van der Waals surface area contributed by atoms with E-state index in [1.165, 1.54) is 12.2 Å². The van der Waals surface area contributed by atoms with Gasteiger partial charge in [0.2, 0.25) is 5.91 Å². The second kappa shape index (κ2) is 7.31. The van der Waals surface area contributed by atoms with E-state index >= 15 is 0 Å². The normalized spacial score (nSPS) is 12.7. The molecule has 0 saturated carbocycles. The third-order valence-corrected chi connectivity index (χ3v) is 3.46. The van der Waals surface area contributed by atoms with Crippen LogP contribution in [0, 0.1) is 5.92 Å². The van der Waals surface area contributed by atoms with Gasteiger partial charge in [-0.2, -0.15) is 0 Å². The summed E-state index contributed by atoms with van der Waals surface area (Å²) in [7, 11) is 0. The van der Waals surface area contributed by atoms with Crippen LogP contribution in [0.2, 0.25) is 10.0 Å². The quantitative estimate of drug-likeness (QED) is 0.820. The summed E-state index contributed by atoms with van der Waals surface area (Å²) >= 11 is 11.8. The molecule has 1 aromatic rings. The van der Waals surface area contributed by atoms with Gasteiger partial charge in [0.1, 0.15) is 6.04 Å². The Morgan fingerprint density at radius 2 is 1.95 bits per heavy atom. The summed E-state index contributed by atoms with van der Waals surface area (Å²) in [5.74, 6) is -1.77. The van der Waals surface area contributed by atoms with E-state index in [0.717, 1.165) is 0 Å². The van der Waals surface area contributed by atoms with E-state index in [1.807, 2.05) is 0 Å². The Bertz CT molecular complexity index is 541. The number of halogens is 2. The maximum atomic E-state index is 11.7. The highest BCUT2D eigenvalue weighted by atomic mass is 35.5. The molecule has 0 aromatic heterocycles. The minimum atomic E-state index is -1.07. The summed E-state index contributed by atoms with van der Waals surface area (Å²) < 4.78 is 0. The van der Waals surface area contributed by atoms with E-state index in [1.54, 1.807) is 32.0 Å². The minimum absolute atomic E-state index is 0.209. The van der Waals surface area contributed by atoms with Crippen molar-refractivity contribution in [1.29, 1.82) is 0 Å². The molecule has 0 spiro atoms. The number of amides is 1. The van der Waals surface area contributed by atoms with Crippen molar-refractivity contribution in [3.05, 3.63) is 39.9 Å². The summed E-state index contributed by atoms with van der Waals surface area (Å²) in [5, 5.41) is 12.1. The van der Waals surface area contributed by atoms with Gasteiger partial charge in [0.25, 0.3) is 0 Å². The number of nitrogens with one attached hydrogen (secondary N) is 1. The number of carboxylic acids is 1. The largest absolute Gasteiger partial charge is 0.480 e. The molecule has 0 fully saturated rings. The second-order valence-electron chi connectivity index (χ2n) is 4.54. The van der Waals surface area contributed by atoms with Gasteiger partial charge in [-0.3, -0.25) is 4.79 Å². The Morgan fingerprint density at radius 3 is 2.50 bits per heavy atom. The van der Waals surface area contributed by atoms with E-state index in [2.05, 4.69) is 5.32 Å². The zero-order valence-electron chi connectivity index (χ0n) is 11.1. The number of carbonyl (C=O) groups excluding carboxylic acids is 1. The van der Waals surface area contributed by atoms with Crippen molar-refractivity contribution >= 4 is 41.2 Å². The third-order valence-electron chi connectivity index (χ3n) is 2.63. The second-order valence-corrected chi connectivity index (χ2v) is 5.33. The highest BCUT2D eigenvalue weighted by Gasteiger charge is 2.22. The van der Waals surface area contributed by atoms with E-state index < -0.39 is 17.9 Å². The number of hydrogen-bond donors (Lipinski definition) is 2. The van der Waals surface area contributed by atoms with Gasteiger partial charge < -0.3 is 10.4 Å². The van der Waals surface area contributed by atoms with Crippen LogP contribution in [-0.4, -0.2) is 23.0 Å². The summed E-state index contributed by atoms with van der Waals surface area (Å²) in [6.07, 6.45) is 2.72. The van der Waals surface area contributed by atoms with Gasteiger partial charge in [-0.15, -0.1) is 0 Å². The maximum Gasteiger partial charge on any atom is 0.326 e. The molecular formula is C14H15Cl2NO3. The molecule has 1 amide bonds. The number of carboxylic acid groups (broad SMARTS) is 1. The summed E-state index contributed by atoms with van der Waals surface area (Å²) in [4.78, 5) is 22.7. The maximum absolute atomic E-state index is 11.7. The Balaban J connectivity index is 2.77. The van der Waals surface area contributed by atoms with Crippen LogP contribution in [0.25, 0.3) is 6.08 Å². The Kier molecular flexibility index (Phi) is 6.05. The molecule has 20 heavy (non-hydrogen) atoms. The van der Waals surface area contributed by atoms with Crippen LogP contribution in [-0.2, 0) is 9.59 Å². The average Bonchev–Trinajstić information content (AvgIpc) is 2.37. The molecule has 0 bridgehead atoms. The summed E-state index contributed by atoms with van der Waals surface area (Å²) in [6.45, 7) is 3.44. The summed E-state index contributed by atoms with van der Waals surface area (Å²) in [6, 6.07) is 4.12. The van der Waals surface area contributed by atoms with Crippen molar-refractivity contribution in [3.63, 3.8) is 0 Å². The van der Waals surface area contributed by atoms with Crippen molar-refractivity contribution in [2.45, 2.75) is 19.9 Å². The molecule has 1 atom stereocenters. The number of carbonyl (C=O) groups is 2. The van der Waals surface area contributed by atoms with E-state index in [0.29, 0.717) is 15.6 Å². The molecule has 0 aliphatic carbocycles. The van der Waals surface area contributed by atoms with Crippen molar-refractivity contribution in [2.24, 2.45) is 5.92 Å². The molecule has 0 heterocycles. The zero-order valence-corrected chi connectivity index (χ0v) is 12.6. The molecule has 6 heteroatoms. The van der Waals surface area contributed by atoms with Crippen molar-refractivity contribution < 1.29 is 14.7 Å². The van der Waals surface area contributed by atoms with E-state index in [-0.39, 0.29) is 5.92 Å². The lowest BCUT2D eigenvalue weighted by molar-refractivity contribution is -0.142. The van der Waals surface area contributed by atoms with Crippen molar-refractivity contribution in [3.8, 4) is 0 Å². The number of aliphatic carboxylic acids is 1. The van der Waals surface area contributed by atoms with Gasteiger partial charge in [0.05, 0.1) is 10.0 Å². The van der Waals surface area contributed by atoms with Gasteiger partial charge in [0, 0.05) is 6.08 Å². The molecule has 0 unspecified atom stereocenters. The van der Waals surface area contributed by atoms with Crippen molar-refractivity contribution in [1.82, 2.24) is 5.32 Å². The Hall–Kier alpha value is -1.52. The molecule has 0 aliphatic rings. The van der Waals surface area contributed by atoms with Gasteiger partial charge in [-0.1, -0.05) is 49.2 Å². The first kappa shape index (κ1) is 16.5. The fourth-order valence-electron chi connectivity index (χ4n) is 1.53. The van der Waals surface area contributed by atoms with Crippen LogP contribution in [0.5, 0.6) is 0 Å². The lowest BCUT2D eigenvalue weighted by Gasteiger charge is -2.16. The van der Waals surface area contributed by atoms with E-state index in [9.17, 15) is 9.59 Å². The van der Waals surface area contributed by atoms with Crippen LogP contribution in [0.15, 0.2) is 24.3 Å². The Morgan fingerprint density at radius 1 is 1.30 bits per heavy atom. The zero-order chi connectivity index (χ0) is 15.3. The SMILES string of the molecule is CC(C)[C@@H](NC(=O)C=Cc1cccc(Cl)c1Cl)C(=O)O. The lowest BCUT2D eigenvalue weighted by Crippen LogP contribution is -2.43. The fraction of sp³-hybridized carbons (Fsp3) is 0.286.